The number of halogens is 3. The Bertz CT molecular complexity index is 349. The fraction of sp³-hybridized carbons (Fsp3) is 0.500. The zero-order valence-electron chi connectivity index (χ0n) is 9.17. The van der Waals surface area contributed by atoms with Gasteiger partial charge < -0.3 is 9.73 Å². The Labute approximate surface area is 96.2 Å². The minimum atomic E-state index is -4.39. The Kier molecular flexibility index (Phi) is 4.56. The molecule has 17 heavy (non-hydrogen) atoms. The molecular formula is C10H13F3N2O2. The van der Waals surface area contributed by atoms with Crippen molar-refractivity contribution in [3.8, 4) is 0 Å². The second-order valence-corrected chi connectivity index (χ2v) is 3.51. The van der Waals surface area contributed by atoms with Crippen molar-refractivity contribution in [2.45, 2.75) is 19.1 Å². The van der Waals surface area contributed by atoms with Gasteiger partial charge >= 0.3 is 6.18 Å². The van der Waals surface area contributed by atoms with Crippen LogP contribution in [-0.4, -0.2) is 25.2 Å². The summed E-state index contributed by atoms with van der Waals surface area (Å²) in [6.45, 7) is 0.233. The lowest BCUT2D eigenvalue weighted by molar-refractivity contribution is -0.137. The lowest BCUT2D eigenvalue weighted by Crippen LogP contribution is -2.39. The molecule has 2 N–H and O–H groups in total. The summed E-state index contributed by atoms with van der Waals surface area (Å²) in [5.41, 5.74) is 0. The molecule has 7 heteroatoms. The highest BCUT2D eigenvalue weighted by Gasteiger charge is 2.27. The van der Waals surface area contributed by atoms with Crippen LogP contribution in [0.4, 0.5) is 13.2 Å². The number of rotatable bonds is 5. The van der Waals surface area contributed by atoms with Crippen LogP contribution in [-0.2, 0) is 4.79 Å². The molecule has 0 aliphatic rings. The van der Waals surface area contributed by atoms with E-state index in [1.807, 2.05) is 0 Å². The van der Waals surface area contributed by atoms with Crippen molar-refractivity contribution in [2.24, 2.45) is 0 Å². The summed E-state index contributed by atoms with van der Waals surface area (Å²) in [5.74, 6) is -0.0886. The topological polar surface area (TPSA) is 54.3 Å². The van der Waals surface area contributed by atoms with Crippen LogP contribution in [0.5, 0.6) is 0 Å². The van der Waals surface area contributed by atoms with E-state index in [4.69, 9.17) is 4.42 Å². The summed E-state index contributed by atoms with van der Waals surface area (Å²) >= 11 is 0. The average Bonchev–Trinajstić information content (AvgIpc) is 2.75. The lowest BCUT2D eigenvalue weighted by atomic mass is 10.2. The first-order valence-electron chi connectivity index (χ1n) is 4.99. The van der Waals surface area contributed by atoms with Gasteiger partial charge in [-0.25, -0.2) is 0 Å². The van der Waals surface area contributed by atoms with Gasteiger partial charge in [0.1, 0.15) is 12.3 Å². The third-order valence-electron chi connectivity index (χ3n) is 2.02. The molecule has 1 unspecified atom stereocenters. The van der Waals surface area contributed by atoms with Crippen molar-refractivity contribution >= 4 is 5.91 Å². The van der Waals surface area contributed by atoms with Crippen LogP contribution in [0.2, 0.25) is 0 Å². The Morgan fingerprint density at radius 2 is 2.24 bits per heavy atom. The highest BCUT2D eigenvalue weighted by atomic mass is 19.4. The summed E-state index contributed by atoms with van der Waals surface area (Å²) in [4.78, 5) is 11.1. The zero-order chi connectivity index (χ0) is 12.9. The monoisotopic (exact) mass is 250 g/mol. The van der Waals surface area contributed by atoms with Crippen molar-refractivity contribution in [3.63, 3.8) is 0 Å². The van der Waals surface area contributed by atoms with Crippen LogP contribution >= 0.6 is 0 Å². The molecule has 0 saturated heterocycles. The highest BCUT2D eigenvalue weighted by Crippen LogP contribution is 2.12. The molecule has 1 atom stereocenters. The van der Waals surface area contributed by atoms with Gasteiger partial charge in [0.05, 0.1) is 18.8 Å². The van der Waals surface area contributed by atoms with E-state index in [1.54, 1.807) is 24.4 Å². The quantitative estimate of drug-likeness (QED) is 0.834. The number of alkyl halides is 3. The van der Waals surface area contributed by atoms with E-state index < -0.39 is 18.6 Å². The van der Waals surface area contributed by atoms with Gasteiger partial charge in [0.25, 0.3) is 0 Å². The smallest absolute Gasteiger partial charge is 0.405 e. The summed E-state index contributed by atoms with van der Waals surface area (Å²) in [5, 5.41) is 4.51. The maximum atomic E-state index is 11.8. The first kappa shape index (κ1) is 13.6. The van der Waals surface area contributed by atoms with Crippen LogP contribution in [0, 0.1) is 0 Å². The Hall–Kier alpha value is -1.50. The molecular weight excluding hydrogens is 237 g/mol. The van der Waals surface area contributed by atoms with E-state index in [1.165, 1.54) is 6.26 Å². The highest BCUT2D eigenvalue weighted by molar-refractivity contribution is 5.78. The molecule has 0 aliphatic heterocycles. The molecule has 1 heterocycles. The molecule has 0 saturated carbocycles. The molecule has 0 aliphatic carbocycles. The van der Waals surface area contributed by atoms with Gasteiger partial charge in [-0.05, 0) is 19.1 Å². The zero-order valence-corrected chi connectivity index (χ0v) is 9.17. The number of amides is 1. The van der Waals surface area contributed by atoms with E-state index in [0.717, 1.165) is 0 Å². The van der Waals surface area contributed by atoms with Crippen molar-refractivity contribution in [1.82, 2.24) is 10.6 Å². The number of nitrogens with one attached hydrogen (secondary N) is 2. The minimum absolute atomic E-state index is 0.196. The van der Waals surface area contributed by atoms with Gasteiger partial charge in [-0.3, -0.25) is 10.1 Å². The molecule has 0 radical (unpaired) electrons. The fourth-order valence-electron chi connectivity index (χ4n) is 1.15. The molecule has 0 aromatic carbocycles. The predicted octanol–water partition coefficient (Wildman–Crippen LogP) is 1.61. The molecule has 0 bridgehead atoms. The van der Waals surface area contributed by atoms with Gasteiger partial charge in [0.15, 0.2) is 0 Å². The van der Waals surface area contributed by atoms with Gasteiger partial charge in [-0.15, -0.1) is 0 Å². The van der Waals surface area contributed by atoms with Gasteiger partial charge in [-0.1, -0.05) is 0 Å². The van der Waals surface area contributed by atoms with E-state index in [-0.39, 0.29) is 12.6 Å². The van der Waals surface area contributed by atoms with Crippen LogP contribution in [0.3, 0.4) is 0 Å². The minimum Gasteiger partial charge on any atom is -0.468 e. The summed E-state index contributed by atoms with van der Waals surface area (Å²) in [7, 11) is 0. The standard InChI is InChI=1S/C10H13F3N2O2/c1-7(8-3-2-4-17-8)14-5-9(16)15-6-10(11,12)13/h2-4,7,14H,5-6H2,1H3,(H,15,16). The van der Waals surface area contributed by atoms with Gasteiger partial charge in [0, 0.05) is 0 Å². The predicted molar refractivity (Wildman–Crippen MR) is 54.2 cm³/mol. The molecule has 4 nitrogen and oxygen atoms in total. The molecule has 96 valence electrons. The summed E-state index contributed by atoms with van der Waals surface area (Å²) in [6, 6.07) is 3.17. The number of carbonyl (C=O) groups is 1. The van der Waals surface area contributed by atoms with E-state index in [9.17, 15) is 18.0 Å². The van der Waals surface area contributed by atoms with Gasteiger partial charge in [-0.2, -0.15) is 13.2 Å². The van der Waals surface area contributed by atoms with Crippen molar-refractivity contribution in [2.75, 3.05) is 13.1 Å². The summed E-state index contributed by atoms with van der Waals surface area (Å²) in [6.07, 6.45) is -2.90. The van der Waals surface area contributed by atoms with Crippen molar-refractivity contribution in [3.05, 3.63) is 24.2 Å². The van der Waals surface area contributed by atoms with Crippen LogP contribution in [0.1, 0.15) is 18.7 Å². The Morgan fingerprint density at radius 1 is 1.53 bits per heavy atom. The molecule has 1 rings (SSSR count). The first-order chi connectivity index (χ1) is 7.88. The molecule has 1 aromatic rings. The summed E-state index contributed by atoms with van der Waals surface area (Å²) < 4.78 is 40.4. The van der Waals surface area contributed by atoms with E-state index in [0.29, 0.717) is 5.76 Å². The maximum Gasteiger partial charge on any atom is 0.405 e. The molecule has 1 aromatic heterocycles. The SMILES string of the molecule is CC(NCC(=O)NCC(F)(F)F)c1ccco1. The Morgan fingerprint density at radius 3 is 2.76 bits per heavy atom. The van der Waals surface area contributed by atoms with Crippen LogP contribution in [0.25, 0.3) is 0 Å². The van der Waals surface area contributed by atoms with Crippen LogP contribution < -0.4 is 10.6 Å². The largest absolute Gasteiger partial charge is 0.468 e. The number of hydrogen-bond acceptors (Lipinski definition) is 3. The third kappa shape index (κ3) is 5.39. The number of hydrogen-bond donors (Lipinski definition) is 2. The maximum absolute atomic E-state index is 11.8. The second-order valence-electron chi connectivity index (χ2n) is 3.51. The normalized spacial score (nSPS) is 13.4. The Balaban J connectivity index is 2.24. The molecule has 0 spiro atoms. The number of carbonyl (C=O) groups excluding carboxylic acids is 1. The van der Waals surface area contributed by atoms with Crippen molar-refractivity contribution < 1.29 is 22.4 Å². The lowest BCUT2D eigenvalue weighted by Gasteiger charge is -2.12. The second kappa shape index (κ2) is 5.72. The van der Waals surface area contributed by atoms with E-state index >= 15 is 0 Å². The first-order valence-corrected chi connectivity index (χ1v) is 4.99. The van der Waals surface area contributed by atoms with Gasteiger partial charge in [0.2, 0.25) is 5.91 Å². The fourth-order valence-corrected chi connectivity index (χ4v) is 1.15. The van der Waals surface area contributed by atoms with Crippen molar-refractivity contribution in [1.29, 1.82) is 0 Å². The molecule has 1 amide bonds. The van der Waals surface area contributed by atoms with E-state index in [2.05, 4.69) is 5.32 Å². The third-order valence-corrected chi connectivity index (χ3v) is 2.02. The molecule has 0 fully saturated rings. The van der Waals surface area contributed by atoms with Crippen LogP contribution in [0.15, 0.2) is 22.8 Å². The average molecular weight is 250 g/mol. The number of furan rings is 1.